The zero-order chi connectivity index (χ0) is 12.8. The SMILES string of the molecule is CCC1=[C]([Ru-2][CH](CC)c2ccccc2)CC=CC1. The fourth-order valence-corrected chi connectivity index (χ4v) is 5.24. The van der Waals surface area contributed by atoms with Crippen LogP contribution in [0, 0.1) is 0 Å². The molecule has 18 heavy (non-hydrogen) atoms. The minimum absolute atomic E-state index is 0.341. The monoisotopic (exact) mass is 328 g/mol. The fraction of sp³-hybridized carbons (Fsp3) is 0.412. The molecule has 1 aliphatic rings. The summed E-state index contributed by atoms with van der Waals surface area (Å²) >= 11 is 0.341. The molecule has 0 bridgehead atoms. The van der Waals surface area contributed by atoms with Gasteiger partial charge < -0.3 is 0 Å². The van der Waals surface area contributed by atoms with E-state index in [0.29, 0.717) is 17.1 Å². The van der Waals surface area contributed by atoms with Crippen molar-refractivity contribution in [2.45, 2.75) is 44.0 Å². The van der Waals surface area contributed by atoms with E-state index in [0.717, 1.165) is 4.51 Å². The zero-order valence-corrected chi connectivity index (χ0v) is 13.0. The predicted octanol–water partition coefficient (Wildman–Crippen LogP) is 5.23. The van der Waals surface area contributed by atoms with Gasteiger partial charge in [-0.15, -0.1) is 0 Å². The Balaban J connectivity index is 2.13. The summed E-state index contributed by atoms with van der Waals surface area (Å²) in [5, 5.41) is 0. The maximum absolute atomic E-state index is 2.36. The normalized spacial score (nSPS) is 17.2. The molecule has 0 saturated heterocycles. The van der Waals surface area contributed by atoms with Crippen LogP contribution in [0.3, 0.4) is 0 Å². The van der Waals surface area contributed by atoms with E-state index in [4.69, 9.17) is 0 Å². The van der Waals surface area contributed by atoms with Crippen LogP contribution in [0.5, 0.6) is 0 Å². The van der Waals surface area contributed by atoms with Crippen molar-refractivity contribution in [2.75, 3.05) is 0 Å². The third kappa shape index (κ3) is 3.42. The van der Waals surface area contributed by atoms with E-state index < -0.39 is 0 Å². The van der Waals surface area contributed by atoms with Crippen molar-refractivity contribution in [1.29, 1.82) is 0 Å². The quantitative estimate of drug-likeness (QED) is 0.513. The molecule has 0 radical (unpaired) electrons. The topological polar surface area (TPSA) is 0 Å². The number of hydrogen-bond acceptors (Lipinski definition) is 0. The molecule has 1 heteroatoms. The van der Waals surface area contributed by atoms with Crippen LogP contribution in [0.1, 0.15) is 49.6 Å². The van der Waals surface area contributed by atoms with Gasteiger partial charge in [-0.2, -0.15) is 0 Å². The average Bonchev–Trinajstić information content (AvgIpc) is 2.46. The number of benzene rings is 1. The van der Waals surface area contributed by atoms with E-state index in [9.17, 15) is 0 Å². The van der Waals surface area contributed by atoms with Crippen molar-refractivity contribution in [3.63, 3.8) is 0 Å². The average molecular weight is 327 g/mol. The van der Waals surface area contributed by atoms with Gasteiger partial charge in [0.15, 0.2) is 0 Å². The van der Waals surface area contributed by atoms with Gasteiger partial charge in [0.25, 0.3) is 0 Å². The van der Waals surface area contributed by atoms with Crippen LogP contribution in [0.4, 0.5) is 0 Å². The third-order valence-corrected chi connectivity index (χ3v) is 6.84. The Morgan fingerprint density at radius 1 is 1.06 bits per heavy atom. The molecule has 1 atom stereocenters. The molecule has 0 saturated carbocycles. The molecule has 1 aromatic carbocycles. The van der Waals surface area contributed by atoms with E-state index in [-0.39, 0.29) is 0 Å². The van der Waals surface area contributed by atoms with Crippen LogP contribution in [0.15, 0.2) is 52.2 Å². The molecule has 1 aliphatic carbocycles. The van der Waals surface area contributed by atoms with Gasteiger partial charge in [-0.1, -0.05) is 0 Å². The first-order chi connectivity index (χ1) is 8.85. The first-order valence-electron chi connectivity index (χ1n) is 6.86. The summed E-state index contributed by atoms with van der Waals surface area (Å²) < 4.78 is 2.56. The zero-order valence-electron chi connectivity index (χ0n) is 11.3. The van der Waals surface area contributed by atoms with E-state index in [2.05, 4.69) is 56.3 Å². The molecular formula is C17H22Ru-2. The summed E-state index contributed by atoms with van der Waals surface area (Å²) in [4.78, 5) is 0. The Hall–Kier alpha value is -0.677. The molecule has 100 valence electrons. The second-order valence-electron chi connectivity index (χ2n) is 4.60. The Morgan fingerprint density at radius 3 is 2.44 bits per heavy atom. The van der Waals surface area contributed by atoms with E-state index >= 15 is 0 Å². The van der Waals surface area contributed by atoms with Crippen molar-refractivity contribution >= 4 is 0 Å². The van der Waals surface area contributed by atoms with Crippen molar-refractivity contribution in [1.82, 2.24) is 0 Å². The van der Waals surface area contributed by atoms with Crippen molar-refractivity contribution in [2.24, 2.45) is 0 Å². The summed E-state index contributed by atoms with van der Waals surface area (Å²) in [6.45, 7) is 4.63. The van der Waals surface area contributed by atoms with Crippen molar-refractivity contribution in [3.8, 4) is 0 Å². The molecule has 0 spiro atoms. The van der Waals surface area contributed by atoms with Crippen molar-refractivity contribution < 1.29 is 17.1 Å². The molecule has 2 rings (SSSR count). The fourth-order valence-electron chi connectivity index (χ4n) is 2.28. The number of hydrogen-bond donors (Lipinski definition) is 0. The van der Waals surface area contributed by atoms with Crippen LogP contribution in [0.2, 0.25) is 0 Å². The van der Waals surface area contributed by atoms with E-state index in [1.54, 1.807) is 9.74 Å². The summed E-state index contributed by atoms with van der Waals surface area (Å²) in [6.07, 6.45) is 9.62. The Labute approximate surface area is 119 Å². The van der Waals surface area contributed by atoms with E-state index in [1.807, 2.05) is 0 Å². The Bertz CT molecular complexity index is 428. The molecule has 0 heterocycles. The van der Waals surface area contributed by atoms with Crippen LogP contribution in [-0.4, -0.2) is 0 Å². The molecule has 0 aliphatic heterocycles. The summed E-state index contributed by atoms with van der Waals surface area (Å²) in [5.74, 6) is 0. The van der Waals surface area contributed by atoms with Gasteiger partial charge >= 0.3 is 119 Å². The second-order valence-corrected chi connectivity index (χ2v) is 7.36. The summed E-state index contributed by atoms with van der Waals surface area (Å²) in [7, 11) is 0. The van der Waals surface area contributed by atoms with Gasteiger partial charge in [0.05, 0.1) is 0 Å². The van der Waals surface area contributed by atoms with Crippen LogP contribution >= 0.6 is 0 Å². The molecule has 0 N–H and O–H groups in total. The molecule has 1 aromatic rings. The molecular weight excluding hydrogens is 305 g/mol. The molecule has 1 unspecified atom stereocenters. The minimum atomic E-state index is 0.341. The van der Waals surface area contributed by atoms with Gasteiger partial charge in [0.1, 0.15) is 0 Å². The second kappa shape index (κ2) is 7.05. The van der Waals surface area contributed by atoms with Crippen LogP contribution < -0.4 is 0 Å². The Morgan fingerprint density at radius 2 is 1.78 bits per heavy atom. The Kier molecular flexibility index (Phi) is 5.38. The van der Waals surface area contributed by atoms with E-state index in [1.165, 1.54) is 31.2 Å². The van der Waals surface area contributed by atoms with Crippen LogP contribution in [0.25, 0.3) is 0 Å². The van der Waals surface area contributed by atoms with Crippen LogP contribution in [-0.2, 0) is 17.1 Å². The molecule has 0 aromatic heterocycles. The van der Waals surface area contributed by atoms with Gasteiger partial charge in [0, 0.05) is 0 Å². The predicted molar refractivity (Wildman–Crippen MR) is 75.2 cm³/mol. The summed E-state index contributed by atoms with van der Waals surface area (Å²) in [5.41, 5.74) is 3.25. The third-order valence-electron chi connectivity index (χ3n) is 3.37. The molecule has 0 nitrogen and oxygen atoms in total. The standard InChI is InChI=1S/C9H11.C8H11.Ru/c1-2-6-9-7-4-3-5-8-9;1-2-8-6-4-3-5-7-8;/h3-8H,2H2,1H3;3-4H,2,5-6H2,1H3;/q;;-2. The summed E-state index contributed by atoms with van der Waals surface area (Å²) in [6, 6.07) is 11.1. The van der Waals surface area contributed by atoms with Gasteiger partial charge in [-0.05, 0) is 0 Å². The maximum atomic E-state index is 2.36. The first kappa shape index (κ1) is 13.7. The molecule has 0 amide bonds. The van der Waals surface area contributed by atoms with Crippen molar-refractivity contribution in [3.05, 3.63) is 57.8 Å². The number of allylic oxidation sites excluding steroid dienone is 4. The van der Waals surface area contributed by atoms with Gasteiger partial charge in [-0.25, -0.2) is 0 Å². The van der Waals surface area contributed by atoms with Gasteiger partial charge in [-0.3, -0.25) is 0 Å². The van der Waals surface area contributed by atoms with Gasteiger partial charge in [0.2, 0.25) is 0 Å². The first-order valence-corrected chi connectivity index (χ1v) is 8.74. The number of rotatable bonds is 5. The molecule has 0 fully saturated rings.